The first-order valence-electron chi connectivity index (χ1n) is 5.66. The Morgan fingerprint density at radius 3 is 2.85 bits per heavy atom. The van der Waals surface area contributed by atoms with E-state index in [0.29, 0.717) is 23.0 Å². The zero-order chi connectivity index (χ0) is 9.47. The SMILES string of the molecule is C[C@H]1C(=O)CC[C@@]2(C)CCCC[C@H]12. The van der Waals surface area contributed by atoms with Crippen LogP contribution in [0.15, 0.2) is 0 Å². The lowest BCUT2D eigenvalue weighted by molar-refractivity contribution is -0.132. The van der Waals surface area contributed by atoms with Crippen molar-refractivity contribution in [2.45, 2.75) is 52.4 Å². The van der Waals surface area contributed by atoms with Crippen LogP contribution in [0.3, 0.4) is 0 Å². The number of rotatable bonds is 0. The molecule has 0 aromatic rings. The fourth-order valence-electron chi connectivity index (χ4n) is 3.45. The molecular formula is C12H20O. The lowest BCUT2D eigenvalue weighted by atomic mass is 9.57. The molecule has 0 aromatic heterocycles. The topological polar surface area (TPSA) is 17.1 Å². The summed E-state index contributed by atoms with van der Waals surface area (Å²) < 4.78 is 0. The van der Waals surface area contributed by atoms with Crippen molar-refractivity contribution in [1.82, 2.24) is 0 Å². The molecule has 0 amide bonds. The summed E-state index contributed by atoms with van der Waals surface area (Å²) in [4.78, 5) is 11.6. The van der Waals surface area contributed by atoms with E-state index in [1.807, 2.05) is 0 Å². The first-order chi connectivity index (χ1) is 6.13. The lowest BCUT2D eigenvalue weighted by Gasteiger charge is -2.47. The maximum atomic E-state index is 11.6. The van der Waals surface area contributed by atoms with Crippen molar-refractivity contribution in [2.24, 2.45) is 17.3 Å². The second-order valence-electron chi connectivity index (χ2n) is 5.26. The van der Waals surface area contributed by atoms with E-state index in [2.05, 4.69) is 13.8 Å². The van der Waals surface area contributed by atoms with E-state index >= 15 is 0 Å². The number of hydrogen-bond donors (Lipinski definition) is 0. The zero-order valence-electron chi connectivity index (χ0n) is 8.81. The average molecular weight is 180 g/mol. The quantitative estimate of drug-likeness (QED) is 0.559. The van der Waals surface area contributed by atoms with Crippen molar-refractivity contribution in [2.75, 3.05) is 0 Å². The highest BCUT2D eigenvalue weighted by atomic mass is 16.1. The van der Waals surface area contributed by atoms with Crippen LogP contribution in [0.1, 0.15) is 52.4 Å². The van der Waals surface area contributed by atoms with E-state index in [4.69, 9.17) is 0 Å². The molecule has 74 valence electrons. The van der Waals surface area contributed by atoms with Gasteiger partial charge in [-0.25, -0.2) is 0 Å². The Bertz CT molecular complexity index is 221. The Hall–Kier alpha value is -0.330. The van der Waals surface area contributed by atoms with Crippen LogP contribution in [0.25, 0.3) is 0 Å². The minimum Gasteiger partial charge on any atom is -0.299 e. The van der Waals surface area contributed by atoms with E-state index in [1.165, 1.54) is 25.7 Å². The van der Waals surface area contributed by atoms with Gasteiger partial charge >= 0.3 is 0 Å². The summed E-state index contributed by atoms with van der Waals surface area (Å²) in [6.45, 7) is 4.55. The van der Waals surface area contributed by atoms with Crippen LogP contribution in [-0.4, -0.2) is 5.78 Å². The molecule has 0 radical (unpaired) electrons. The summed E-state index contributed by atoms with van der Waals surface area (Å²) in [5.41, 5.74) is 0.506. The largest absolute Gasteiger partial charge is 0.299 e. The monoisotopic (exact) mass is 180 g/mol. The van der Waals surface area contributed by atoms with Crippen molar-refractivity contribution in [3.8, 4) is 0 Å². The number of hydrogen-bond acceptors (Lipinski definition) is 1. The Morgan fingerprint density at radius 2 is 2.08 bits per heavy atom. The maximum Gasteiger partial charge on any atom is 0.136 e. The summed E-state index contributed by atoms with van der Waals surface area (Å²) in [5.74, 6) is 1.56. The summed E-state index contributed by atoms with van der Waals surface area (Å²) in [6.07, 6.45) is 7.37. The highest BCUT2D eigenvalue weighted by Crippen LogP contribution is 2.51. The van der Waals surface area contributed by atoms with Crippen LogP contribution < -0.4 is 0 Å². The molecule has 1 nitrogen and oxygen atoms in total. The summed E-state index contributed by atoms with van der Waals surface area (Å²) in [6, 6.07) is 0. The molecule has 0 unspecified atom stereocenters. The molecule has 2 rings (SSSR count). The second-order valence-corrected chi connectivity index (χ2v) is 5.26. The van der Waals surface area contributed by atoms with Gasteiger partial charge in [-0.3, -0.25) is 4.79 Å². The number of carbonyl (C=O) groups excluding carboxylic acids is 1. The van der Waals surface area contributed by atoms with Gasteiger partial charge in [-0.2, -0.15) is 0 Å². The molecule has 2 aliphatic carbocycles. The van der Waals surface area contributed by atoms with Crippen molar-refractivity contribution < 1.29 is 4.79 Å². The summed E-state index contributed by atoms with van der Waals surface area (Å²) >= 11 is 0. The molecule has 0 aliphatic heterocycles. The van der Waals surface area contributed by atoms with Crippen molar-refractivity contribution in [3.05, 3.63) is 0 Å². The van der Waals surface area contributed by atoms with Crippen molar-refractivity contribution in [1.29, 1.82) is 0 Å². The molecule has 2 saturated carbocycles. The predicted molar refractivity (Wildman–Crippen MR) is 53.5 cm³/mol. The predicted octanol–water partition coefficient (Wildman–Crippen LogP) is 3.18. The molecule has 0 heterocycles. The van der Waals surface area contributed by atoms with Gasteiger partial charge in [0.15, 0.2) is 0 Å². The molecule has 0 saturated heterocycles. The minimum atomic E-state index is 0.346. The Balaban J connectivity index is 2.19. The zero-order valence-corrected chi connectivity index (χ0v) is 8.81. The van der Waals surface area contributed by atoms with E-state index in [9.17, 15) is 4.79 Å². The number of Topliss-reactive ketones (excluding diaryl/α,β-unsaturated/α-hetero) is 1. The maximum absolute atomic E-state index is 11.6. The van der Waals surface area contributed by atoms with Crippen molar-refractivity contribution >= 4 is 5.78 Å². The summed E-state index contributed by atoms with van der Waals surface area (Å²) in [5, 5.41) is 0. The van der Waals surface area contributed by atoms with Crippen LogP contribution in [0, 0.1) is 17.3 Å². The molecule has 0 spiro atoms. The normalized spacial score (nSPS) is 45.8. The molecule has 0 bridgehead atoms. The molecule has 1 heteroatoms. The van der Waals surface area contributed by atoms with E-state index in [-0.39, 0.29) is 0 Å². The van der Waals surface area contributed by atoms with Crippen LogP contribution in [0.5, 0.6) is 0 Å². The third kappa shape index (κ3) is 1.43. The van der Waals surface area contributed by atoms with E-state index in [1.54, 1.807) is 0 Å². The second kappa shape index (κ2) is 3.11. The number of ketones is 1. The molecule has 0 N–H and O–H groups in total. The van der Waals surface area contributed by atoms with Gasteiger partial charge in [0.05, 0.1) is 0 Å². The van der Waals surface area contributed by atoms with Gasteiger partial charge in [-0.15, -0.1) is 0 Å². The lowest BCUT2D eigenvalue weighted by Crippen LogP contribution is -2.42. The van der Waals surface area contributed by atoms with Gasteiger partial charge in [-0.05, 0) is 30.6 Å². The molecular weight excluding hydrogens is 160 g/mol. The van der Waals surface area contributed by atoms with Gasteiger partial charge < -0.3 is 0 Å². The van der Waals surface area contributed by atoms with Gasteiger partial charge in [0, 0.05) is 12.3 Å². The number of carbonyl (C=O) groups is 1. The average Bonchev–Trinajstić information content (AvgIpc) is 2.12. The van der Waals surface area contributed by atoms with Crippen LogP contribution in [-0.2, 0) is 4.79 Å². The summed E-state index contributed by atoms with van der Waals surface area (Å²) in [7, 11) is 0. The van der Waals surface area contributed by atoms with Crippen molar-refractivity contribution in [3.63, 3.8) is 0 Å². The third-order valence-corrected chi connectivity index (χ3v) is 4.46. The molecule has 2 fully saturated rings. The highest BCUT2D eigenvalue weighted by Gasteiger charge is 2.44. The first-order valence-corrected chi connectivity index (χ1v) is 5.66. The Morgan fingerprint density at radius 1 is 1.31 bits per heavy atom. The van der Waals surface area contributed by atoms with Gasteiger partial charge in [0.2, 0.25) is 0 Å². The van der Waals surface area contributed by atoms with Gasteiger partial charge in [-0.1, -0.05) is 26.7 Å². The van der Waals surface area contributed by atoms with E-state index in [0.717, 1.165) is 12.8 Å². The smallest absolute Gasteiger partial charge is 0.136 e. The van der Waals surface area contributed by atoms with Crippen LogP contribution in [0.4, 0.5) is 0 Å². The Kier molecular flexibility index (Phi) is 2.21. The van der Waals surface area contributed by atoms with Crippen LogP contribution in [0.2, 0.25) is 0 Å². The fraction of sp³-hybridized carbons (Fsp3) is 0.917. The molecule has 2 aliphatic rings. The fourth-order valence-corrected chi connectivity index (χ4v) is 3.45. The molecule has 3 atom stereocenters. The Labute approximate surface area is 80.9 Å². The van der Waals surface area contributed by atoms with Crippen LogP contribution >= 0.6 is 0 Å². The number of fused-ring (bicyclic) bond motifs is 1. The van der Waals surface area contributed by atoms with Gasteiger partial charge in [0.25, 0.3) is 0 Å². The molecule has 0 aromatic carbocycles. The molecule has 13 heavy (non-hydrogen) atoms. The first kappa shape index (κ1) is 9.23. The van der Waals surface area contributed by atoms with Gasteiger partial charge in [0.1, 0.15) is 5.78 Å². The minimum absolute atomic E-state index is 0.346. The highest BCUT2D eigenvalue weighted by molar-refractivity contribution is 5.82. The third-order valence-electron chi connectivity index (χ3n) is 4.46. The van der Waals surface area contributed by atoms with E-state index < -0.39 is 0 Å². The standard InChI is InChI=1S/C12H20O/c1-9-10-5-3-4-7-12(10,2)8-6-11(9)13/h9-10H,3-8H2,1-2H3/t9-,10-,12-/m1/s1.